The van der Waals surface area contributed by atoms with Crippen molar-refractivity contribution in [1.29, 1.82) is 0 Å². The number of esters is 1. The van der Waals surface area contributed by atoms with Crippen LogP contribution in [0, 0.1) is 0 Å². The van der Waals surface area contributed by atoms with Gasteiger partial charge in [-0.05, 0) is 62.4 Å². The Morgan fingerprint density at radius 1 is 0.923 bits per heavy atom. The molecule has 0 amide bonds. The molecule has 0 saturated carbocycles. The third-order valence-electron chi connectivity index (χ3n) is 3.18. The van der Waals surface area contributed by atoms with Crippen molar-refractivity contribution in [2.45, 2.75) is 32.5 Å². The topological polar surface area (TPSA) is 44.8 Å². The van der Waals surface area contributed by atoms with E-state index in [0.29, 0.717) is 17.2 Å². The van der Waals surface area contributed by atoms with E-state index in [1.165, 1.54) is 12.1 Å². The van der Waals surface area contributed by atoms with Gasteiger partial charge in [-0.25, -0.2) is 0 Å². The van der Waals surface area contributed by atoms with Crippen LogP contribution in [0.15, 0.2) is 48.5 Å². The van der Waals surface area contributed by atoms with Crippen LogP contribution in [0.1, 0.15) is 25.8 Å². The number of benzene rings is 2. The van der Waals surface area contributed by atoms with Crippen molar-refractivity contribution >= 4 is 5.97 Å². The van der Waals surface area contributed by atoms with Gasteiger partial charge in [0.25, 0.3) is 0 Å². The molecule has 0 fully saturated rings. The summed E-state index contributed by atoms with van der Waals surface area (Å²) in [5.74, 6) is 0.962. The lowest BCUT2D eigenvalue weighted by molar-refractivity contribution is -0.148. The zero-order chi connectivity index (χ0) is 19.2. The van der Waals surface area contributed by atoms with Gasteiger partial charge in [-0.1, -0.05) is 0 Å². The molecule has 0 atom stereocenters. The number of carbonyl (C=O) groups is 1. The lowest BCUT2D eigenvalue weighted by Crippen LogP contribution is -2.14. The van der Waals surface area contributed by atoms with Crippen molar-refractivity contribution < 1.29 is 32.2 Å². The van der Waals surface area contributed by atoms with E-state index in [1.54, 1.807) is 38.1 Å². The highest BCUT2D eigenvalue weighted by Crippen LogP contribution is 2.31. The standard InChI is InChI=1S/C19H19F3O4/c1-13(2)25-18(23)11-12-24-15-7-9-17(10-8-15)26-16-5-3-14(4-6-16)19(20,21)22/h3-10,13H,11-12H2,1-2H3. The summed E-state index contributed by atoms with van der Waals surface area (Å²) in [5, 5.41) is 0. The van der Waals surface area contributed by atoms with E-state index in [9.17, 15) is 18.0 Å². The van der Waals surface area contributed by atoms with Gasteiger partial charge in [0.15, 0.2) is 0 Å². The summed E-state index contributed by atoms with van der Waals surface area (Å²) in [7, 11) is 0. The molecule has 2 aromatic rings. The Kier molecular flexibility index (Phi) is 6.49. The molecular formula is C19H19F3O4. The van der Waals surface area contributed by atoms with Gasteiger partial charge in [-0.2, -0.15) is 13.2 Å². The van der Waals surface area contributed by atoms with Crippen LogP contribution in [-0.4, -0.2) is 18.7 Å². The third-order valence-corrected chi connectivity index (χ3v) is 3.18. The number of hydrogen-bond acceptors (Lipinski definition) is 4. The molecule has 0 radical (unpaired) electrons. The first-order chi connectivity index (χ1) is 12.2. The highest BCUT2D eigenvalue weighted by molar-refractivity contribution is 5.69. The molecule has 140 valence electrons. The zero-order valence-corrected chi connectivity index (χ0v) is 14.4. The second-order valence-electron chi connectivity index (χ2n) is 5.73. The van der Waals surface area contributed by atoms with E-state index in [-0.39, 0.29) is 25.1 Å². The van der Waals surface area contributed by atoms with Crippen molar-refractivity contribution in [3.05, 3.63) is 54.1 Å². The molecule has 4 nitrogen and oxygen atoms in total. The molecule has 0 saturated heterocycles. The summed E-state index contributed by atoms with van der Waals surface area (Å²) in [5.41, 5.74) is -0.732. The average molecular weight is 368 g/mol. The molecule has 7 heteroatoms. The van der Waals surface area contributed by atoms with E-state index in [4.69, 9.17) is 14.2 Å². The lowest BCUT2D eigenvalue weighted by atomic mass is 10.2. The van der Waals surface area contributed by atoms with E-state index in [0.717, 1.165) is 12.1 Å². The number of rotatable bonds is 7. The van der Waals surface area contributed by atoms with Gasteiger partial charge in [0.05, 0.1) is 24.7 Å². The van der Waals surface area contributed by atoms with Crippen molar-refractivity contribution in [3.63, 3.8) is 0 Å². The molecule has 2 aromatic carbocycles. The first-order valence-corrected chi connectivity index (χ1v) is 8.01. The maximum atomic E-state index is 12.5. The molecule has 0 aliphatic rings. The Bertz CT molecular complexity index is 707. The highest BCUT2D eigenvalue weighted by Gasteiger charge is 2.30. The summed E-state index contributed by atoms with van der Waals surface area (Å²) < 4.78 is 53.5. The molecule has 0 heterocycles. The maximum absolute atomic E-state index is 12.5. The zero-order valence-electron chi connectivity index (χ0n) is 14.4. The molecule has 0 spiro atoms. The molecule has 0 N–H and O–H groups in total. The molecular weight excluding hydrogens is 349 g/mol. The van der Waals surface area contributed by atoms with Crippen LogP contribution < -0.4 is 9.47 Å². The van der Waals surface area contributed by atoms with Gasteiger partial charge in [-0.3, -0.25) is 4.79 Å². The first-order valence-electron chi connectivity index (χ1n) is 8.01. The van der Waals surface area contributed by atoms with Crippen LogP contribution in [0.5, 0.6) is 17.2 Å². The second kappa shape index (κ2) is 8.60. The quantitative estimate of drug-likeness (QED) is 0.629. The smallest absolute Gasteiger partial charge is 0.416 e. The fourth-order valence-corrected chi connectivity index (χ4v) is 2.03. The number of ether oxygens (including phenoxy) is 3. The summed E-state index contributed by atoms with van der Waals surface area (Å²) in [6.07, 6.45) is -4.40. The number of carbonyl (C=O) groups excluding carboxylic acids is 1. The van der Waals surface area contributed by atoms with Crippen LogP contribution in [0.2, 0.25) is 0 Å². The summed E-state index contributed by atoms with van der Waals surface area (Å²) in [4.78, 5) is 11.4. The Morgan fingerprint density at radius 3 is 1.92 bits per heavy atom. The Morgan fingerprint density at radius 2 is 1.42 bits per heavy atom. The van der Waals surface area contributed by atoms with Crippen LogP contribution in [0.25, 0.3) is 0 Å². The van der Waals surface area contributed by atoms with Crippen molar-refractivity contribution in [1.82, 2.24) is 0 Å². The molecule has 0 aliphatic heterocycles. The fourth-order valence-electron chi connectivity index (χ4n) is 2.03. The van der Waals surface area contributed by atoms with Crippen molar-refractivity contribution in [2.75, 3.05) is 6.61 Å². The molecule has 0 aliphatic carbocycles. The minimum atomic E-state index is -4.38. The minimum Gasteiger partial charge on any atom is -0.493 e. The average Bonchev–Trinajstić information content (AvgIpc) is 2.55. The van der Waals surface area contributed by atoms with Crippen LogP contribution in [0.3, 0.4) is 0 Å². The summed E-state index contributed by atoms with van der Waals surface area (Å²) in [6.45, 7) is 3.73. The van der Waals surface area contributed by atoms with E-state index < -0.39 is 11.7 Å². The molecule has 0 aromatic heterocycles. The second-order valence-corrected chi connectivity index (χ2v) is 5.73. The molecule has 0 bridgehead atoms. The SMILES string of the molecule is CC(C)OC(=O)CCOc1ccc(Oc2ccc(C(F)(F)F)cc2)cc1. The number of halogens is 3. The Balaban J connectivity index is 1.84. The van der Waals surface area contributed by atoms with Gasteiger partial charge in [-0.15, -0.1) is 0 Å². The van der Waals surface area contributed by atoms with Crippen molar-refractivity contribution in [2.24, 2.45) is 0 Å². The first kappa shape index (κ1) is 19.6. The monoisotopic (exact) mass is 368 g/mol. The largest absolute Gasteiger partial charge is 0.493 e. The third kappa shape index (κ3) is 6.31. The highest BCUT2D eigenvalue weighted by atomic mass is 19.4. The van der Waals surface area contributed by atoms with Gasteiger partial charge < -0.3 is 14.2 Å². The van der Waals surface area contributed by atoms with E-state index >= 15 is 0 Å². The lowest BCUT2D eigenvalue weighted by Gasteiger charge is -2.10. The summed E-state index contributed by atoms with van der Waals surface area (Å²) in [6, 6.07) is 11.0. The summed E-state index contributed by atoms with van der Waals surface area (Å²) >= 11 is 0. The fraction of sp³-hybridized carbons (Fsp3) is 0.316. The Hall–Kier alpha value is -2.70. The predicted molar refractivity (Wildman–Crippen MR) is 89.3 cm³/mol. The molecule has 2 rings (SSSR count). The van der Waals surface area contributed by atoms with Crippen LogP contribution in [-0.2, 0) is 15.7 Å². The van der Waals surface area contributed by atoms with Crippen LogP contribution in [0.4, 0.5) is 13.2 Å². The van der Waals surface area contributed by atoms with Gasteiger partial charge in [0.1, 0.15) is 17.2 Å². The minimum absolute atomic E-state index is 0.141. The number of hydrogen-bond donors (Lipinski definition) is 0. The van der Waals surface area contributed by atoms with Gasteiger partial charge in [0.2, 0.25) is 0 Å². The van der Waals surface area contributed by atoms with E-state index in [2.05, 4.69) is 0 Å². The Labute approximate surface area is 149 Å². The van der Waals surface area contributed by atoms with E-state index in [1.807, 2.05) is 0 Å². The normalized spacial score (nSPS) is 11.3. The maximum Gasteiger partial charge on any atom is 0.416 e. The van der Waals surface area contributed by atoms with Gasteiger partial charge in [0, 0.05) is 0 Å². The van der Waals surface area contributed by atoms with Crippen molar-refractivity contribution in [3.8, 4) is 17.2 Å². The number of alkyl halides is 3. The molecule has 26 heavy (non-hydrogen) atoms. The van der Waals surface area contributed by atoms with Crippen LogP contribution >= 0.6 is 0 Å². The molecule has 0 unspecified atom stereocenters. The van der Waals surface area contributed by atoms with Gasteiger partial charge >= 0.3 is 12.1 Å². The predicted octanol–water partition coefficient (Wildman–Crippen LogP) is 5.22.